The molecule has 26 heavy (non-hydrogen) atoms. The molecule has 0 radical (unpaired) electrons. The number of phenolic OH excluding ortho intramolecular Hbond substituents is 1. The highest BCUT2D eigenvalue weighted by Crippen LogP contribution is 2.27. The Morgan fingerprint density at radius 1 is 1.27 bits per heavy atom. The minimum atomic E-state index is 0.0617. The maximum atomic E-state index is 11.9. The number of carbonyl (C=O) groups excluding carboxylic acids is 1. The van der Waals surface area contributed by atoms with Gasteiger partial charge in [0, 0.05) is 52.2 Å². The van der Waals surface area contributed by atoms with Gasteiger partial charge in [-0.05, 0) is 25.5 Å². The number of guanidine groups is 1. The fourth-order valence-electron chi connectivity index (χ4n) is 2.96. The van der Waals surface area contributed by atoms with Crippen LogP contribution in [0.2, 0.25) is 0 Å². The zero-order valence-corrected chi connectivity index (χ0v) is 16.0. The average Bonchev–Trinajstić information content (AvgIpc) is 2.66. The van der Waals surface area contributed by atoms with Crippen molar-refractivity contribution < 1.29 is 9.90 Å². The first kappa shape index (κ1) is 19.9. The Hall–Kier alpha value is -2.44. The molecule has 0 aromatic heterocycles. The Kier molecular flexibility index (Phi) is 7.56. The van der Waals surface area contributed by atoms with Crippen molar-refractivity contribution in [3.8, 4) is 5.75 Å². The van der Waals surface area contributed by atoms with Gasteiger partial charge in [0.15, 0.2) is 5.96 Å². The molecule has 1 atom stereocenters. The number of benzene rings is 1. The smallest absolute Gasteiger partial charge is 0.221 e. The molecule has 1 heterocycles. The topological polar surface area (TPSA) is 80.2 Å². The van der Waals surface area contributed by atoms with Gasteiger partial charge in [0.25, 0.3) is 0 Å². The number of aliphatic imine (C=N–C) groups is 1. The van der Waals surface area contributed by atoms with Crippen molar-refractivity contribution in [3.05, 3.63) is 24.3 Å². The molecule has 0 bridgehead atoms. The van der Waals surface area contributed by atoms with Crippen LogP contribution in [0.1, 0.15) is 26.7 Å². The first-order chi connectivity index (χ1) is 12.5. The van der Waals surface area contributed by atoms with Crippen LogP contribution in [-0.4, -0.2) is 67.7 Å². The number of aromatic hydroxyl groups is 1. The lowest BCUT2D eigenvalue weighted by Crippen LogP contribution is -2.53. The number of rotatable bonds is 6. The van der Waals surface area contributed by atoms with Crippen molar-refractivity contribution in [1.29, 1.82) is 0 Å². The summed E-state index contributed by atoms with van der Waals surface area (Å²) in [5, 5.41) is 16.2. The third-order valence-corrected chi connectivity index (χ3v) is 4.67. The van der Waals surface area contributed by atoms with E-state index < -0.39 is 0 Å². The van der Waals surface area contributed by atoms with E-state index in [1.165, 1.54) is 0 Å². The third-order valence-electron chi connectivity index (χ3n) is 4.67. The van der Waals surface area contributed by atoms with E-state index in [0.717, 1.165) is 44.2 Å². The maximum absolute atomic E-state index is 11.9. The summed E-state index contributed by atoms with van der Waals surface area (Å²) < 4.78 is 0. The highest BCUT2D eigenvalue weighted by molar-refractivity contribution is 5.81. The molecule has 3 N–H and O–H groups in total. The minimum absolute atomic E-state index is 0.0617. The average molecular weight is 361 g/mol. The van der Waals surface area contributed by atoms with Crippen molar-refractivity contribution >= 4 is 17.6 Å². The van der Waals surface area contributed by atoms with Gasteiger partial charge in [0.2, 0.25) is 5.91 Å². The molecular weight excluding hydrogens is 330 g/mol. The largest absolute Gasteiger partial charge is 0.506 e. The summed E-state index contributed by atoms with van der Waals surface area (Å²) in [4.78, 5) is 20.6. The molecular formula is C19H31N5O2. The lowest BCUT2D eigenvalue weighted by atomic mass is 10.2. The number of anilines is 1. The molecule has 0 aliphatic carbocycles. The zero-order valence-electron chi connectivity index (χ0n) is 16.0. The predicted molar refractivity (Wildman–Crippen MR) is 106 cm³/mol. The number of phenols is 1. The monoisotopic (exact) mass is 361 g/mol. The molecule has 1 aliphatic heterocycles. The first-order valence-electron chi connectivity index (χ1n) is 9.33. The fraction of sp³-hybridized carbons (Fsp3) is 0.579. The Labute approximate surface area is 156 Å². The molecule has 7 nitrogen and oxygen atoms in total. The van der Waals surface area contributed by atoms with Gasteiger partial charge in [0.05, 0.1) is 5.69 Å². The van der Waals surface area contributed by atoms with Crippen molar-refractivity contribution in [2.45, 2.75) is 32.7 Å². The molecule has 1 fully saturated rings. The van der Waals surface area contributed by atoms with E-state index in [0.29, 0.717) is 18.7 Å². The SMILES string of the molecule is CCC(C)NC(=O)CCNC(=NC)N1CCN(c2ccccc2O)CC1. The van der Waals surface area contributed by atoms with E-state index in [1.54, 1.807) is 13.1 Å². The number of amides is 1. The summed E-state index contributed by atoms with van der Waals surface area (Å²) in [6.07, 6.45) is 1.36. The second-order valence-corrected chi connectivity index (χ2v) is 6.56. The molecule has 1 unspecified atom stereocenters. The quantitative estimate of drug-likeness (QED) is 0.527. The lowest BCUT2D eigenvalue weighted by molar-refractivity contribution is -0.121. The molecule has 2 rings (SSSR count). The van der Waals surface area contributed by atoms with Gasteiger partial charge in [-0.1, -0.05) is 19.1 Å². The Morgan fingerprint density at radius 3 is 2.58 bits per heavy atom. The molecule has 1 aromatic carbocycles. The lowest BCUT2D eigenvalue weighted by Gasteiger charge is -2.37. The predicted octanol–water partition coefficient (Wildman–Crippen LogP) is 1.39. The molecule has 7 heteroatoms. The highest BCUT2D eigenvalue weighted by atomic mass is 16.3. The summed E-state index contributed by atoms with van der Waals surface area (Å²) in [5.41, 5.74) is 0.872. The second kappa shape index (κ2) is 9.89. The molecule has 1 aromatic rings. The Bertz CT molecular complexity index is 612. The molecule has 144 valence electrons. The van der Waals surface area contributed by atoms with Gasteiger partial charge in [-0.25, -0.2) is 0 Å². The number of nitrogens with one attached hydrogen (secondary N) is 2. The van der Waals surface area contributed by atoms with Crippen LogP contribution in [0.25, 0.3) is 0 Å². The van der Waals surface area contributed by atoms with Crippen molar-refractivity contribution in [2.24, 2.45) is 4.99 Å². The fourth-order valence-corrected chi connectivity index (χ4v) is 2.96. The minimum Gasteiger partial charge on any atom is -0.506 e. The van der Waals surface area contributed by atoms with E-state index in [9.17, 15) is 9.90 Å². The van der Waals surface area contributed by atoms with Crippen molar-refractivity contribution in [2.75, 3.05) is 44.7 Å². The van der Waals surface area contributed by atoms with Gasteiger partial charge < -0.3 is 25.5 Å². The first-order valence-corrected chi connectivity index (χ1v) is 9.33. The Morgan fingerprint density at radius 2 is 1.96 bits per heavy atom. The summed E-state index contributed by atoms with van der Waals surface area (Å²) in [6.45, 7) is 7.88. The van der Waals surface area contributed by atoms with Gasteiger partial charge in [-0.3, -0.25) is 9.79 Å². The van der Waals surface area contributed by atoms with Crippen molar-refractivity contribution in [3.63, 3.8) is 0 Å². The van der Waals surface area contributed by atoms with Crippen LogP contribution in [0, 0.1) is 0 Å². The normalized spacial score (nSPS) is 16.3. The molecule has 1 amide bonds. The highest BCUT2D eigenvalue weighted by Gasteiger charge is 2.21. The van der Waals surface area contributed by atoms with Gasteiger partial charge >= 0.3 is 0 Å². The summed E-state index contributed by atoms with van der Waals surface area (Å²) >= 11 is 0. The zero-order chi connectivity index (χ0) is 18.9. The van der Waals surface area contributed by atoms with Crippen LogP contribution in [0.4, 0.5) is 5.69 Å². The van der Waals surface area contributed by atoms with E-state index in [2.05, 4.69) is 32.3 Å². The molecule has 0 saturated carbocycles. The van der Waals surface area contributed by atoms with Gasteiger partial charge in [0.1, 0.15) is 5.75 Å². The summed E-state index contributed by atoms with van der Waals surface area (Å²) in [5.74, 6) is 1.20. The van der Waals surface area contributed by atoms with Crippen LogP contribution in [0.3, 0.4) is 0 Å². The van der Waals surface area contributed by atoms with Crippen LogP contribution in [0.15, 0.2) is 29.3 Å². The number of hydrogen-bond donors (Lipinski definition) is 3. The van der Waals surface area contributed by atoms with E-state index in [4.69, 9.17) is 0 Å². The Balaban J connectivity index is 1.78. The number of hydrogen-bond acceptors (Lipinski definition) is 4. The summed E-state index contributed by atoms with van der Waals surface area (Å²) in [7, 11) is 1.76. The van der Waals surface area contributed by atoms with Crippen LogP contribution in [-0.2, 0) is 4.79 Å². The summed E-state index contributed by atoms with van der Waals surface area (Å²) in [6, 6.07) is 7.63. The van der Waals surface area contributed by atoms with Crippen LogP contribution in [0.5, 0.6) is 5.75 Å². The number of para-hydroxylation sites is 2. The van der Waals surface area contributed by atoms with Gasteiger partial charge in [-0.2, -0.15) is 0 Å². The second-order valence-electron chi connectivity index (χ2n) is 6.56. The van der Waals surface area contributed by atoms with E-state index in [-0.39, 0.29) is 11.9 Å². The van der Waals surface area contributed by atoms with Crippen LogP contribution >= 0.6 is 0 Å². The van der Waals surface area contributed by atoms with E-state index in [1.807, 2.05) is 25.1 Å². The van der Waals surface area contributed by atoms with Crippen molar-refractivity contribution in [1.82, 2.24) is 15.5 Å². The number of piperazine rings is 1. The maximum Gasteiger partial charge on any atom is 0.221 e. The molecule has 1 saturated heterocycles. The number of carbonyl (C=O) groups is 1. The number of nitrogens with zero attached hydrogens (tertiary/aromatic N) is 3. The third kappa shape index (κ3) is 5.54. The van der Waals surface area contributed by atoms with Gasteiger partial charge in [-0.15, -0.1) is 0 Å². The van der Waals surface area contributed by atoms with Crippen LogP contribution < -0.4 is 15.5 Å². The molecule has 1 aliphatic rings. The molecule has 0 spiro atoms. The standard InChI is InChI=1S/C19H31N5O2/c1-4-15(2)22-18(26)9-10-21-19(20-3)24-13-11-23(12-14-24)16-7-5-6-8-17(16)25/h5-8,15,25H,4,9-14H2,1-3H3,(H,20,21)(H,22,26). The van der Waals surface area contributed by atoms with E-state index >= 15 is 0 Å².